The first kappa shape index (κ1) is 23.5. The molecule has 1 N–H and O–H groups in total. The van der Waals surface area contributed by atoms with Crippen molar-refractivity contribution in [3.05, 3.63) is 59.4 Å². The summed E-state index contributed by atoms with van der Waals surface area (Å²) in [6.07, 6.45) is -4.47. The molecule has 2 amide bonds. The second kappa shape index (κ2) is 9.15. The van der Waals surface area contributed by atoms with Gasteiger partial charge in [0.05, 0.1) is 13.2 Å². The van der Waals surface area contributed by atoms with Gasteiger partial charge in [0.1, 0.15) is 17.4 Å². The largest absolute Gasteiger partial charge is 0.444 e. The fourth-order valence-corrected chi connectivity index (χ4v) is 3.05. The number of ether oxygens (including phenoxy) is 2. The maximum absolute atomic E-state index is 12.8. The van der Waals surface area contributed by atoms with Gasteiger partial charge in [-0.3, -0.25) is 9.78 Å². The number of anilines is 1. The number of hydrogen-bond acceptors (Lipinski definition) is 5. The van der Waals surface area contributed by atoms with E-state index in [1.165, 1.54) is 6.07 Å². The van der Waals surface area contributed by atoms with Gasteiger partial charge in [-0.2, -0.15) is 13.2 Å². The topological polar surface area (TPSA) is 80.8 Å². The van der Waals surface area contributed by atoms with Crippen molar-refractivity contribution in [3.8, 4) is 0 Å². The molecule has 1 saturated heterocycles. The SMILES string of the molecule is CC(C)(C)OC(=O)N1CCOC(c2ccc(NC(=O)c3ccnc(C(F)(F)F)c3)cc2)C1. The minimum Gasteiger partial charge on any atom is -0.444 e. The highest BCUT2D eigenvalue weighted by atomic mass is 19.4. The van der Waals surface area contributed by atoms with Crippen LogP contribution in [0.4, 0.5) is 23.7 Å². The van der Waals surface area contributed by atoms with Gasteiger partial charge in [-0.15, -0.1) is 0 Å². The standard InChI is InChI=1S/C22H24F3N3O4/c1-21(2,3)32-20(30)28-10-11-31-17(13-28)14-4-6-16(7-5-14)27-19(29)15-8-9-26-18(12-15)22(23,24)25/h4-9,12,17H,10-11,13H2,1-3H3,(H,27,29). The van der Waals surface area contributed by atoms with E-state index in [2.05, 4.69) is 10.3 Å². The van der Waals surface area contributed by atoms with E-state index in [4.69, 9.17) is 9.47 Å². The third-order valence-corrected chi connectivity index (χ3v) is 4.57. The highest BCUT2D eigenvalue weighted by Crippen LogP contribution is 2.28. The summed E-state index contributed by atoms with van der Waals surface area (Å²) < 4.78 is 49.6. The number of nitrogens with one attached hydrogen (secondary N) is 1. The molecule has 1 aromatic carbocycles. The van der Waals surface area contributed by atoms with Crippen molar-refractivity contribution in [2.24, 2.45) is 0 Å². The van der Waals surface area contributed by atoms with Crippen LogP contribution in [0.2, 0.25) is 0 Å². The van der Waals surface area contributed by atoms with Crippen molar-refractivity contribution in [1.29, 1.82) is 0 Å². The average molecular weight is 451 g/mol. The van der Waals surface area contributed by atoms with Crippen LogP contribution in [0.15, 0.2) is 42.6 Å². The summed E-state index contributed by atoms with van der Waals surface area (Å²) in [6.45, 7) is 6.48. The van der Waals surface area contributed by atoms with Crippen LogP contribution in [-0.2, 0) is 15.7 Å². The molecule has 1 atom stereocenters. The first-order valence-electron chi connectivity index (χ1n) is 9.96. The molecule has 172 valence electrons. The Morgan fingerprint density at radius 2 is 1.84 bits per heavy atom. The molecule has 0 spiro atoms. The highest BCUT2D eigenvalue weighted by Gasteiger charge is 2.33. The van der Waals surface area contributed by atoms with E-state index >= 15 is 0 Å². The van der Waals surface area contributed by atoms with Crippen molar-refractivity contribution in [1.82, 2.24) is 9.88 Å². The lowest BCUT2D eigenvalue weighted by molar-refractivity contribution is -0.141. The zero-order valence-corrected chi connectivity index (χ0v) is 17.9. The Morgan fingerprint density at radius 3 is 2.47 bits per heavy atom. The number of rotatable bonds is 3. The molecule has 10 heteroatoms. The molecule has 1 aliphatic heterocycles. The lowest BCUT2D eigenvalue weighted by Crippen LogP contribution is -2.44. The summed E-state index contributed by atoms with van der Waals surface area (Å²) in [4.78, 5) is 29.5. The van der Waals surface area contributed by atoms with Crippen molar-refractivity contribution in [2.45, 2.75) is 38.7 Å². The number of hydrogen-bond donors (Lipinski definition) is 1. The molecule has 7 nitrogen and oxygen atoms in total. The van der Waals surface area contributed by atoms with Crippen LogP contribution in [0.3, 0.4) is 0 Å². The number of nitrogens with zero attached hydrogens (tertiary/aromatic N) is 2. The third-order valence-electron chi connectivity index (χ3n) is 4.57. The van der Waals surface area contributed by atoms with Gasteiger partial charge in [0.2, 0.25) is 0 Å². The molecule has 0 aliphatic carbocycles. The smallest absolute Gasteiger partial charge is 0.433 e. The highest BCUT2D eigenvalue weighted by molar-refractivity contribution is 6.04. The number of alkyl halides is 3. The van der Waals surface area contributed by atoms with Gasteiger partial charge < -0.3 is 19.7 Å². The molecule has 3 rings (SSSR count). The maximum Gasteiger partial charge on any atom is 0.433 e. The van der Waals surface area contributed by atoms with Crippen LogP contribution in [-0.4, -0.2) is 47.2 Å². The number of halogens is 3. The summed E-state index contributed by atoms with van der Waals surface area (Å²) in [6, 6.07) is 8.60. The van der Waals surface area contributed by atoms with Crippen LogP contribution >= 0.6 is 0 Å². The monoisotopic (exact) mass is 451 g/mol. The van der Waals surface area contributed by atoms with Gasteiger partial charge in [0, 0.05) is 24.0 Å². The Balaban J connectivity index is 1.64. The summed E-state index contributed by atoms with van der Waals surface area (Å²) in [5.74, 6) is -0.685. The zero-order chi connectivity index (χ0) is 23.5. The van der Waals surface area contributed by atoms with Gasteiger partial charge in [0.25, 0.3) is 5.91 Å². The molecule has 1 fully saturated rings. The molecular formula is C22H24F3N3O4. The van der Waals surface area contributed by atoms with E-state index in [0.29, 0.717) is 31.5 Å². The van der Waals surface area contributed by atoms with E-state index < -0.39 is 29.5 Å². The number of carbonyl (C=O) groups excluding carboxylic acids is 2. The molecule has 0 saturated carbocycles. The van der Waals surface area contributed by atoms with E-state index in [0.717, 1.165) is 11.8 Å². The molecule has 32 heavy (non-hydrogen) atoms. The molecule has 2 aromatic rings. The number of aromatic nitrogens is 1. The Kier molecular flexibility index (Phi) is 6.73. The normalized spacial score (nSPS) is 17.1. The lowest BCUT2D eigenvalue weighted by atomic mass is 10.1. The molecular weight excluding hydrogens is 427 g/mol. The van der Waals surface area contributed by atoms with Crippen LogP contribution in [0.25, 0.3) is 0 Å². The number of carbonyl (C=O) groups is 2. The van der Waals surface area contributed by atoms with E-state index in [1.807, 2.05) is 0 Å². The predicted octanol–water partition coefficient (Wildman–Crippen LogP) is 4.66. The summed E-state index contributed by atoms with van der Waals surface area (Å²) in [7, 11) is 0. The van der Waals surface area contributed by atoms with Crippen LogP contribution < -0.4 is 5.32 Å². The minimum atomic E-state index is -4.63. The predicted molar refractivity (Wildman–Crippen MR) is 110 cm³/mol. The van der Waals surface area contributed by atoms with E-state index in [-0.39, 0.29) is 11.7 Å². The van der Waals surface area contributed by atoms with E-state index in [1.54, 1.807) is 49.9 Å². The Bertz CT molecular complexity index is 972. The Hall–Kier alpha value is -3.14. The number of pyridine rings is 1. The van der Waals surface area contributed by atoms with E-state index in [9.17, 15) is 22.8 Å². The number of benzene rings is 1. The number of morpholine rings is 1. The van der Waals surface area contributed by atoms with Gasteiger partial charge in [-0.05, 0) is 50.6 Å². The van der Waals surface area contributed by atoms with Crippen molar-refractivity contribution < 1.29 is 32.2 Å². The first-order chi connectivity index (χ1) is 14.9. The van der Waals surface area contributed by atoms with Gasteiger partial charge in [0.15, 0.2) is 0 Å². The molecule has 0 radical (unpaired) electrons. The molecule has 1 unspecified atom stereocenters. The summed E-state index contributed by atoms with van der Waals surface area (Å²) in [5, 5.41) is 2.56. The third kappa shape index (κ3) is 6.19. The second-order valence-corrected chi connectivity index (χ2v) is 8.29. The molecule has 0 bridgehead atoms. The quantitative estimate of drug-likeness (QED) is 0.734. The average Bonchev–Trinajstić information content (AvgIpc) is 2.72. The zero-order valence-electron chi connectivity index (χ0n) is 17.9. The van der Waals surface area contributed by atoms with Crippen LogP contribution in [0.1, 0.15) is 48.5 Å². The second-order valence-electron chi connectivity index (χ2n) is 8.29. The number of amides is 2. The Labute approximate surface area is 183 Å². The van der Waals surface area contributed by atoms with Crippen molar-refractivity contribution in [2.75, 3.05) is 25.0 Å². The molecule has 2 heterocycles. The fraction of sp³-hybridized carbons (Fsp3) is 0.409. The van der Waals surface area contributed by atoms with Gasteiger partial charge in [-0.25, -0.2) is 4.79 Å². The van der Waals surface area contributed by atoms with Crippen LogP contribution in [0, 0.1) is 0 Å². The van der Waals surface area contributed by atoms with Crippen molar-refractivity contribution >= 4 is 17.7 Å². The minimum absolute atomic E-state index is 0.153. The summed E-state index contributed by atoms with van der Waals surface area (Å²) >= 11 is 0. The van der Waals surface area contributed by atoms with Gasteiger partial charge >= 0.3 is 12.3 Å². The fourth-order valence-electron chi connectivity index (χ4n) is 3.05. The maximum atomic E-state index is 12.8. The lowest BCUT2D eigenvalue weighted by Gasteiger charge is -2.34. The molecule has 1 aliphatic rings. The van der Waals surface area contributed by atoms with Crippen molar-refractivity contribution in [3.63, 3.8) is 0 Å². The first-order valence-corrected chi connectivity index (χ1v) is 9.96. The van der Waals surface area contributed by atoms with Crippen LogP contribution in [0.5, 0.6) is 0 Å². The Morgan fingerprint density at radius 1 is 1.16 bits per heavy atom. The van der Waals surface area contributed by atoms with Gasteiger partial charge in [-0.1, -0.05) is 12.1 Å². The summed E-state index contributed by atoms with van der Waals surface area (Å²) in [5.41, 5.74) is -0.687. The molecule has 1 aromatic heterocycles.